The zero-order valence-electron chi connectivity index (χ0n) is 18.6. The van der Waals surface area contributed by atoms with Gasteiger partial charge in [0.15, 0.2) is 0 Å². The van der Waals surface area contributed by atoms with E-state index < -0.39 is 10.0 Å². The van der Waals surface area contributed by atoms with Crippen LogP contribution >= 0.6 is 11.6 Å². The SMILES string of the molecule is CN1CCc2cc(NS(=O)(=O)c3ccc(-c4ccc(Cl)cc4)cc3)c(N(C)C)cc2CC1. The van der Waals surface area contributed by atoms with E-state index >= 15 is 0 Å². The van der Waals surface area contributed by atoms with E-state index in [0.29, 0.717) is 10.7 Å². The van der Waals surface area contributed by atoms with E-state index in [2.05, 4.69) is 22.7 Å². The number of nitrogens with zero attached hydrogens (tertiary/aromatic N) is 2. The van der Waals surface area contributed by atoms with Crippen molar-refractivity contribution < 1.29 is 8.42 Å². The number of halogens is 1. The van der Waals surface area contributed by atoms with Crippen molar-refractivity contribution in [2.45, 2.75) is 17.7 Å². The van der Waals surface area contributed by atoms with E-state index in [1.807, 2.05) is 61.5 Å². The lowest BCUT2D eigenvalue weighted by Gasteiger charge is -2.21. The van der Waals surface area contributed by atoms with Crippen LogP contribution in [0.5, 0.6) is 0 Å². The first-order valence-electron chi connectivity index (χ1n) is 10.6. The number of nitrogens with one attached hydrogen (secondary N) is 1. The number of hydrogen-bond donors (Lipinski definition) is 1. The summed E-state index contributed by atoms with van der Waals surface area (Å²) in [5.41, 5.74) is 5.89. The van der Waals surface area contributed by atoms with Crippen LogP contribution in [0.3, 0.4) is 0 Å². The summed E-state index contributed by atoms with van der Waals surface area (Å²) in [6, 6.07) is 18.5. The Bertz CT molecular complexity index is 1210. The number of rotatable bonds is 5. The van der Waals surface area contributed by atoms with Crippen LogP contribution in [0.4, 0.5) is 11.4 Å². The molecule has 0 spiro atoms. The second-order valence-corrected chi connectivity index (χ2v) is 10.6. The minimum Gasteiger partial charge on any atom is -0.376 e. The maximum atomic E-state index is 13.2. The molecule has 4 rings (SSSR count). The predicted octanol–water partition coefficient (Wildman–Crippen LogP) is 4.90. The Morgan fingerprint density at radius 1 is 0.875 bits per heavy atom. The third kappa shape index (κ3) is 4.93. The third-order valence-electron chi connectivity index (χ3n) is 5.91. The van der Waals surface area contributed by atoms with Gasteiger partial charge < -0.3 is 9.80 Å². The summed E-state index contributed by atoms with van der Waals surface area (Å²) >= 11 is 5.96. The van der Waals surface area contributed by atoms with Gasteiger partial charge in [-0.05, 0) is 78.5 Å². The van der Waals surface area contributed by atoms with Crippen LogP contribution in [0.15, 0.2) is 65.6 Å². The first kappa shape index (κ1) is 22.6. The minimum absolute atomic E-state index is 0.231. The molecular weight excluding hydrogens is 442 g/mol. The quantitative estimate of drug-likeness (QED) is 0.577. The zero-order valence-corrected chi connectivity index (χ0v) is 20.2. The molecule has 32 heavy (non-hydrogen) atoms. The van der Waals surface area contributed by atoms with Crippen LogP contribution < -0.4 is 9.62 Å². The van der Waals surface area contributed by atoms with E-state index in [-0.39, 0.29) is 4.90 Å². The molecule has 0 atom stereocenters. The Morgan fingerprint density at radius 2 is 1.41 bits per heavy atom. The van der Waals surface area contributed by atoms with Crippen molar-refractivity contribution in [1.82, 2.24) is 4.90 Å². The fourth-order valence-corrected chi connectivity index (χ4v) is 5.19. The number of fused-ring (bicyclic) bond motifs is 1. The second kappa shape index (κ2) is 9.14. The van der Waals surface area contributed by atoms with E-state index in [0.717, 1.165) is 42.7 Å². The van der Waals surface area contributed by atoms with Crippen molar-refractivity contribution in [1.29, 1.82) is 0 Å². The van der Waals surface area contributed by atoms with Crippen molar-refractivity contribution in [3.63, 3.8) is 0 Å². The molecule has 1 aliphatic heterocycles. The fourth-order valence-electron chi connectivity index (χ4n) is 4.00. The highest BCUT2D eigenvalue weighted by molar-refractivity contribution is 7.92. The summed E-state index contributed by atoms with van der Waals surface area (Å²) in [7, 11) is 2.26. The van der Waals surface area contributed by atoms with Gasteiger partial charge in [-0.1, -0.05) is 35.9 Å². The maximum Gasteiger partial charge on any atom is 0.261 e. The Balaban J connectivity index is 1.63. The molecule has 1 aliphatic rings. The molecule has 0 aliphatic carbocycles. The fraction of sp³-hybridized carbons (Fsp3) is 0.280. The lowest BCUT2D eigenvalue weighted by molar-refractivity contribution is 0.352. The maximum absolute atomic E-state index is 13.2. The molecule has 0 radical (unpaired) electrons. The van der Waals surface area contributed by atoms with Crippen molar-refractivity contribution >= 4 is 33.0 Å². The molecule has 0 saturated heterocycles. The van der Waals surface area contributed by atoms with E-state index in [9.17, 15) is 8.42 Å². The Morgan fingerprint density at radius 3 is 1.97 bits per heavy atom. The van der Waals surface area contributed by atoms with E-state index in [1.165, 1.54) is 11.1 Å². The standard InChI is InChI=1S/C25H28ClN3O2S/c1-28(2)25-17-21-13-15-29(3)14-12-20(21)16-24(25)27-32(30,31)23-10-6-19(7-11-23)18-4-8-22(26)9-5-18/h4-11,16-17,27H,12-15H2,1-3H3. The molecule has 0 fully saturated rings. The first-order chi connectivity index (χ1) is 15.2. The molecule has 1 N–H and O–H groups in total. The van der Waals surface area contributed by atoms with Crippen LogP contribution in [0.1, 0.15) is 11.1 Å². The minimum atomic E-state index is -3.73. The van der Waals surface area contributed by atoms with Crippen LogP contribution in [0.25, 0.3) is 11.1 Å². The number of benzene rings is 3. The topological polar surface area (TPSA) is 52.7 Å². The van der Waals surface area contributed by atoms with Gasteiger partial charge in [-0.2, -0.15) is 0 Å². The van der Waals surface area contributed by atoms with E-state index in [4.69, 9.17) is 11.6 Å². The highest BCUT2D eigenvalue weighted by Gasteiger charge is 2.20. The van der Waals surface area contributed by atoms with Crippen LogP contribution in [-0.4, -0.2) is 47.6 Å². The Hall–Kier alpha value is -2.54. The molecule has 0 amide bonds. The normalized spacial score (nSPS) is 14.5. The van der Waals surface area contributed by atoms with Crippen molar-refractivity contribution in [3.05, 3.63) is 76.8 Å². The summed E-state index contributed by atoms with van der Waals surface area (Å²) < 4.78 is 29.2. The monoisotopic (exact) mass is 469 g/mol. The number of hydrogen-bond acceptors (Lipinski definition) is 4. The Labute approximate surface area is 195 Å². The van der Waals surface area contributed by atoms with Crippen LogP contribution in [0, 0.1) is 0 Å². The lowest BCUT2D eigenvalue weighted by Crippen LogP contribution is -2.20. The average molecular weight is 470 g/mol. The summed E-state index contributed by atoms with van der Waals surface area (Å²) in [5.74, 6) is 0. The molecule has 5 nitrogen and oxygen atoms in total. The van der Waals surface area contributed by atoms with Gasteiger partial charge in [0, 0.05) is 32.2 Å². The van der Waals surface area contributed by atoms with Gasteiger partial charge in [-0.3, -0.25) is 4.72 Å². The van der Waals surface area contributed by atoms with Crippen molar-refractivity contribution in [2.24, 2.45) is 0 Å². The highest BCUT2D eigenvalue weighted by atomic mass is 35.5. The molecule has 0 unspecified atom stereocenters. The molecule has 3 aromatic rings. The predicted molar refractivity (Wildman–Crippen MR) is 133 cm³/mol. The molecule has 168 valence electrons. The molecule has 1 heterocycles. The largest absolute Gasteiger partial charge is 0.376 e. The summed E-state index contributed by atoms with van der Waals surface area (Å²) in [4.78, 5) is 4.49. The van der Waals surface area contributed by atoms with Gasteiger partial charge >= 0.3 is 0 Å². The van der Waals surface area contributed by atoms with E-state index in [1.54, 1.807) is 12.1 Å². The van der Waals surface area contributed by atoms with Crippen LogP contribution in [-0.2, 0) is 22.9 Å². The summed E-state index contributed by atoms with van der Waals surface area (Å²) in [6.45, 7) is 1.97. The van der Waals surface area contributed by atoms with Crippen LogP contribution in [0.2, 0.25) is 5.02 Å². The van der Waals surface area contributed by atoms with Gasteiger partial charge in [0.05, 0.1) is 16.3 Å². The lowest BCUT2D eigenvalue weighted by atomic mass is 10.0. The molecular formula is C25H28ClN3O2S. The molecule has 3 aromatic carbocycles. The van der Waals surface area contributed by atoms with Crippen molar-refractivity contribution in [3.8, 4) is 11.1 Å². The van der Waals surface area contributed by atoms with Gasteiger partial charge in [0.2, 0.25) is 0 Å². The zero-order chi connectivity index (χ0) is 22.9. The molecule has 0 saturated carbocycles. The summed E-state index contributed by atoms with van der Waals surface area (Å²) in [6.07, 6.45) is 1.87. The molecule has 0 bridgehead atoms. The van der Waals surface area contributed by atoms with Gasteiger partial charge in [-0.15, -0.1) is 0 Å². The van der Waals surface area contributed by atoms with Gasteiger partial charge in [0.25, 0.3) is 10.0 Å². The Kier molecular flexibility index (Phi) is 6.47. The highest BCUT2D eigenvalue weighted by Crippen LogP contribution is 2.32. The third-order valence-corrected chi connectivity index (χ3v) is 7.55. The molecule has 0 aromatic heterocycles. The number of likely N-dealkylation sites (N-methyl/N-ethyl adjacent to an activating group) is 1. The second-order valence-electron chi connectivity index (χ2n) is 8.47. The average Bonchev–Trinajstić information content (AvgIpc) is 2.94. The van der Waals surface area contributed by atoms with Gasteiger partial charge in [-0.25, -0.2) is 8.42 Å². The number of sulfonamides is 1. The van der Waals surface area contributed by atoms with Gasteiger partial charge in [0.1, 0.15) is 0 Å². The summed E-state index contributed by atoms with van der Waals surface area (Å²) in [5, 5.41) is 0.668. The smallest absolute Gasteiger partial charge is 0.261 e. The molecule has 7 heteroatoms. The van der Waals surface area contributed by atoms with Crippen molar-refractivity contribution in [2.75, 3.05) is 43.9 Å². The number of anilines is 2. The first-order valence-corrected chi connectivity index (χ1v) is 12.5.